The van der Waals surface area contributed by atoms with Gasteiger partial charge in [-0.05, 0) is 38.1 Å². The number of ether oxygens (including phenoxy) is 1. The van der Waals surface area contributed by atoms with E-state index in [-0.39, 0.29) is 11.5 Å². The first-order chi connectivity index (χ1) is 18.3. The van der Waals surface area contributed by atoms with Crippen LogP contribution in [-0.2, 0) is 30.7 Å². The van der Waals surface area contributed by atoms with E-state index in [4.69, 9.17) is 30.1 Å². The van der Waals surface area contributed by atoms with Crippen LogP contribution in [-0.4, -0.2) is 58.8 Å². The highest BCUT2D eigenvalue weighted by Crippen LogP contribution is 2.52. The minimum Gasteiger partial charge on any atom is -0.416 e. The number of allylic oxidation sites excluding steroid dienone is 1. The van der Waals surface area contributed by atoms with Crippen molar-refractivity contribution in [1.82, 2.24) is 4.90 Å². The summed E-state index contributed by atoms with van der Waals surface area (Å²) in [5.41, 5.74) is -1.36. The van der Waals surface area contributed by atoms with Crippen molar-refractivity contribution in [1.29, 1.82) is 0 Å². The zero-order valence-corrected chi connectivity index (χ0v) is 22.3. The fraction of sp³-hybridized carbons (Fsp3) is 0.360. The highest BCUT2D eigenvalue weighted by Gasteiger charge is 2.64. The number of hydrogen-bond donors (Lipinski definition) is 1. The lowest BCUT2D eigenvalue weighted by Gasteiger charge is -2.33. The molecule has 1 fully saturated rings. The van der Waals surface area contributed by atoms with Crippen LogP contribution in [0.5, 0.6) is 11.5 Å². The van der Waals surface area contributed by atoms with Gasteiger partial charge in [0.15, 0.2) is 23.8 Å². The Balaban J connectivity index is 1.62. The van der Waals surface area contributed by atoms with Gasteiger partial charge in [-0.3, -0.25) is 19.0 Å². The van der Waals surface area contributed by atoms with Gasteiger partial charge in [0.25, 0.3) is 6.43 Å². The summed E-state index contributed by atoms with van der Waals surface area (Å²) >= 11 is 5.47. The van der Waals surface area contributed by atoms with Gasteiger partial charge in [-0.2, -0.15) is 0 Å². The number of alkyl halides is 3. The van der Waals surface area contributed by atoms with Crippen molar-refractivity contribution < 1.29 is 50.6 Å². The number of aliphatic hydroxyl groups excluding tert-OH is 1. The number of carbonyl (C=O) groups excluding carboxylic acids is 2. The summed E-state index contributed by atoms with van der Waals surface area (Å²) in [7, 11) is 0. The van der Waals surface area contributed by atoms with E-state index in [1.165, 1.54) is 0 Å². The number of carbonyl (C=O) groups is 2. The number of amides is 1. The maximum atomic E-state index is 15.4. The maximum absolute atomic E-state index is 15.4. The lowest BCUT2D eigenvalue weighted by Crippen LogP contribution is -2.50. The summed E-state index contributed by atoms with van der Waals surface area (Å²) in [5.74, 6) is -3.22. The van der Waals surface area contributed by atoms with Crippen molar-refractivity contribution in [2.45, 2.75) is 50.8 Å². The van der Waals surface area contributed by atoms with E-state index in [1.807, 2.05) is 13.8 Å². The Bertz CT molecular complexity index is 1260. The van der Waals surface area contributed by atoms with Crippen molar-refractivity contribution >= 4 is 30.2 Å². The predicted octanol–water partition coefficient (Wildman–Crippen LogP) is 4.67. The molecular formula is C25H24F4NO7PS. The van der Waals surface area contributed by atoms with Crippen molar-refractivity contribution in [3.63, 3.8) is 0 Å². The lowest BCUT2D eigenvalue weighted by atomic mass is 9.98. The summed E-state index contributed by atoms with van der Waals surface area (Å²) < 4.78 is 80.3. The first-order valence-corrected chi connectivity index (χ1v) is 14.2. The summed E-state index contributed by atoms with van der Waals surface area (Å²) in [6, 6.07) is 13.0. The minimum atomic E-state index is -3.98. The van der Waals surface area contributed by atoms with Crippen molar-refractivity contribution in [2.24, 2.45) is 0 Å². The van der Waals surface area contributed by atoms with Gasteiger partial charge in [0.05, 0.1) is 13.0 Å². The van der Waals surface area contributed by atoms with E-state index in [9.17, 15) is 27.9 Å². The van der Waals surface area contributed by atoms with Gasteiger partial charge in [-0.15, -0.1) is 0 Å². The molecule has 4 rings (SSSR count). The smallest absolute Gasteiger partial charge is 0.416 e. The van der Waals surface area contributed by atoms with Crippen molar-refractivity contribution in [3.05, 3.63) is 71.7 Å². The molecule has 8 nitrogen and oxygen atoms in total. The predicted molar refractivity (Wildman–Crippen MR) is 134 cm³/mol. The Morgan fingerprint density at radius 1 is 1.08 bits per heavy atom. The molecule has 0 bridgehead atoms. The van der Waals surface area contributed by atoms with Gasteiger partial charge < -0.3 is 18.9 Å². The topological polar surface area (TPSA) is 94.5 Å². The normalized spacial score (nSPS) is 25.7. The Labute approximate surface area is 226 Å². The molecule has 1 saturated heterocycles. The van der Waals surface area contributed by atoms with Crippen LogP contribution in [0, 0.1) is 13.8 Å². The summed E-state index contributed by atoms with van der Waals surface area (Å²) in [6.07, 6.45) is -11.4. The second-order valence-electron chi connectivity index (χ2n) is 9.06. The lowest BCUT2D eigenvalue weighted by molar-refractivity contribution is -0.193. The molecule has 210 valence electrons. The van der Waals surface area contributed by atoms with Crippen LogP contribution in [0.4, 0.5) is 17.6 Å². The van der Waals surface area contributed by atoms with Gasteiger partial charge >= 0.3 is 6.72 Å². The van der Waals surface area contributed by atoms with E-state index < -0.39 is 67.8 Å². The fourth-order valence-electron chi connectivity index (χ4n) is 3.87. The second kappa shape index (κ2) is 11.3. The third kappa shape index (κ3) is 6.17. The summed E-state index contributed by atoms with van der Waals surface area (Å²) in [5, 5.41) is 10.4. The Morgan fingerprint density at radius 3 is 2.08 bits per heavy atom. The third-order valence-corrected chi connectivity index (χ3v) is 8.16. The van der Waals surface area contributed by atoms with E-state index in [2.05, 4.69) is 0 Å². The second-order valence-corrected chi connectivity index (χ2v) is 11.9. The molecule has 0 saturated carbocycles. The highest BCUT2D eigenvalue weighted by atomic mass is 32.5. The minimum absolute atomic E-state index is 0.188. The number of ketones is 1. The van der Waals surface area contributed by atoms with Crippen LogP contribution in [0.25, 0.3) is 0 Å². The fourth-order valence-corrected chi connectivity index (χ4v) is 5.80. The number of aliphatic hydroxyl groups is 1. The number of Topliss-reactive ketones (excluding diaryl/α,β-unsaturated/α-hetero) is 1. The van der Waals surface area contributed by atoms with Gasteiger partial charge in [0.2, 0.25) is 11.7 Å². The van der Waals surface area contributed by atoms with E-state index >= 15 is 4.39 Å². The van der Waals surface area contributed by atoms with Crippen LogP contribution in [0.3, 0.4) is 0 Å². The van der Waals surface area contributed by atoms with Crippen LogP contribution < -0.4 is 9.05 Å². The molecule has 0 aromatic heterocycles. The van der Waals surface area contributed by atoms with Gasteiger partial charge in [0, 0.05) is 18.0 Å². The standard InChI is InChI=1S/C25H24F4NO7PS/c1-14-3-7-16(8-4-14)36-38(39,37-17-9-5-15(2)6-10-17)34-13-25(24(28)29)22(27)21(33)23(35-25)30-12-18(26)19(31)11-20(30)32/h3-10,12,21-24,33H,11,13H2,1-2H3/t21-,22-,23-,25-/m1/s1. The molecule has 2 aromatic carbocycles. The Morgan fingerprint density at radius 2 is 1.59 bits per heavy atom. The molecule has 1 N–H and O–H groups in total. The molecule has 4 atom stereocenters. The molecule has 0 radical (unpaired) electrons. The quantitative estimate of drug-likeness (QED) is 0.256. The SMILES string of the molecule is Cc1ccc(OP(=S)(OC[C@@]2(C(F)F)O[C@@H](N3C=C(F)C(=O)CC3=O)[C@H](O)[C@H]2F)Oc2ccc(C)cc2)cc1. The van der Waals surface area contributed by atoms with E-state index in [0.29, 0.717) is 11.1 Å². The van der Waals surface area contributed by atoms with Crippen LogP contribution >= 0.6 is 6.72 Å². The van der Waals surface area contributed by atoms with E-state index in [1.54, 1.807) is 48.5 Å². The van der Waals surface area contributed by atoms with E-state index in [0.717, 1.165) is 11.1 Å². The van der Waals surface area contributed by atoms with Gasteiger partial charge in [0.1, 0.15) is 17.6 Å². The molecule has 0 unspecified atom stereocenters. The first kappa shape index (κ1) is 29.2. The molecule has 0 aliphatic carbocycles. The molecule has 39 heavy (non-hydrogen) atoms. The summed E-state index contributed by atoms with van der Waals surface area (Å²) in [4.78, 5) is 24.1. The number of nitrogens with zero attached hydrogens (tertiary/aromatic N) is 1. The third-order valence-electron chi connectivity index (χ3n) is 6.09. The van der Waals surface area contributed by atoms with Gasteiger partial charge in [-0.1, -0.05) is 35.4 Å². The van der Waals surface area contributed by atoms with Crippen LogP contribution in [0.15, 0.2) is 60.6 Å². The van der Waals surface area contributed by atoms with Crippen molar-refractivity contribution in [2.75, 3.05) is 6.61 Å². The molecule has 2 aliphatic rings. The van der Waals surface area contributed by atoms with Crippen LogP contribution in [0.1, 0.15) is 17.5 Å². The Hall–Kier alpha value is -2.83. The molecule has 0 spiro atoms. The monoisotopic (exact) mass is 589 g/mol. The molecule has 2 heterocycles. The maximum Gasteiger partial charge on any atom is 0.435 e. The average molecular weight is 590 g/mol. The van der Waals surface area contributed by atoms with Gasteiger partial charge in [-0.25, -0.2) is 17.6 Å². The number of rotatable bonds is 9. The molecular weight excluding hydrogens is 565 g/mol. The number of hydrogen-bond acceptors (Lipinski definition) is 8. The zero-order valence-electron chi connectivity index (χ0n) is 20.6. The zero-order chi connectivity index (χ0) is 28.5. The Kier molecular flexibility index (Phi) is 8.48. The molecule has 2 aliphatic heterocycles. The molecule has 1 amide bonds. The largest absolute Gasteiger partial charge is 0.435 e. The number of aryl methyl sites for hydroxylation is 2. The molecule has 14 heteroatoms. The van der Waals surface area contributed by atoms with Crippen LogP contribution in [0.2, 0.25) is 0 Å². The summed E-state index contributed by atoms with van der Waals surface area (Å²) in [6.45, 7) is -1.59. The number of halogens is 4. The first-order valence-electron chi connectivity index (χ1n) is 11.6. The van der Waals surface area contributed by atoms with Crippen molar-refractivity contribution in [3.8, 4) is 11.5 Å². The average Bonchev–Trinajstić information content (AvgIpc) is 3.14. The highest BCUT2D eigenvalue weighted by molar-refractivity contribution is 8.07. The molecule has 2 aromatic rings. The number of benzene rings is 2.